The van der Waals surface area contributed by atoms with Crippen LogP contribution in [0.15, 0.2) is 12.7 Å². The number of ether oxygens (including phenoxy) is 1. The van der Waals surface area contributed by atoms with Crippen LogP contribution in [0.25, 0.3) is 0 Å². The molecule has 0 atom stereocenters. The summed E-state index contributed by atoms with van der Waals surface area (Å²) in [6.07, 6.45) is 13.2. The van der Waals surface area contributed by atoms with Gasteiger partial charge in [-0.15, -0.1) is 6.58 Å². The van der Waals surface area contributed by atoms with E-state index in [1.165, 1.54) is 25.7 Å². The number of carbonyl (C=O) groups is 3. The fourth-order valence-corrected chi connectivity index (χ4v) is 2.51. The van der Waals surface area contributed by atoms with Gasteiger partial charge in [0.1, 0.15) is 0 Å². The molecule has 0 aliphatic heterocycles. The molecule has 0 radical (unpaired) electrons. The fraction of sp³-hybridized carbons (Fsp3) is 0.750. The molecule has 1 N–H and O–H groups in total. The summed E-state index contributed by atoms with van der Waals surface area (Å²) in [5.41, 5.74) is 0. The van der Waals surface area contributed by atoms with E-state index in [0.717, 1.165) is 45.1 Å². The zero-order valence-corrected chi connectivity index (χ0v) is 16.5. The molecule has 0 unspecified atom stereocenters. The second kappa shape index (κ2) is 16.6. The summed E-state index contributed by atoms with van der Waals surface area (Å²) in [6, 6.07) is 0.545. The van der Waals surface area contributed by atoms with Crippen molar-refractivity contribution in [2.24, 2.45) is 5.92 Å². The Labute approximate surface area is 158 Å². The highest BCUT2D eigenvalue weighted by atomic mass is 16.5. The van der Waals surface area contributed by atoms with Crippen molar-refractivity contribution in [3.8, 4) is 0 Å². The second-order valence-electron chi connectivity index (χ2n) is 6.69. The zero-order chi connectivity index (χ0) is 19.6. The van der Waals surface area contributed by atoms with Gasteiger partial charge in [0.2, 0.25) is 12.3 Å². The van der Waals surface area contributed by atoms with Gasteiger partial charge in [-0.05, 0) is 51.9 Å². The molecular formula is C20H36N2O4. The number of nitrogens with one attached hydrogen (secondary N) is 1. The quantitative estimate of drug-likeness (QED) is 0.365. The number of allylic oxidation sites excluding steroid dienone is 1. The van der Waals surface area contributed by atoms with Gasteiger partial charge in [0, 0.05) is 25.6 Å². The predicted octanol–water partition coefficient (Wildman–Crippen LogP) is 3.07. The van der Waals surface area contributed by atoms with E-state index in [1.54, 1.807) is 18.9 Å². The van der Waals surface area contributed by atoms with Crippen LogP contribution in [-0.4, -0.2) is 49.9 Å². The van der Waals surface area contributed by atoms with Gasteiger partial charge < -0.3 is 15.0 Å². The summed E-state index contributed by atoms with van der Waals surface area (Å²) in [6.45, 7) is 7.14. The van der Waals surface area contributed by atoms with E-state index in [4.69, 9.17) is 0 Å². The van der Waals surface area contributed by atoms with Crippen molar-refractivity contribution >= 4 is 18.8 Å². The highest BCUT2D eigenvalue weighted by Crippen LogP contribution is 2.26. The van der Waals surface area contributed by atoms with Gasteiger partial charge in [-0.25, -0.2) is 0 Å². The maximum Gasteiger partial charge on any atom is 0.293 e. The Kier molecular flexibility index (Phi) is 15.4. The van der Waals surface area contributed by atoms with E-state index in [2.05, 4.69) is 16.6 Å². The van der Waals surface area contributed by atoms with Crippen molar-refractivity contribution in [3.63, 3.8) is 0 Å². The van der Waals surface area contributed by atoms with Gasteiger partial charge >= 0.3 is 0 Å². The number of rotatable bonds is 10. The Balaban J connectivity index is 0.000000388. The number of unbranched alkanes of at least 4 members (excludes halogenated alkanes) is 2. The van der Waals surface area contributed by atoms with Crippen LogP contribution in [0, 0.1) is 5.92 Å². The van der Waals surface area contributed by atoms with Crippen molar-refractivity contribution < 1.29 is 19.1 Å². The summed E-state index contributed by atoms with van der Waals surface area (Å²) in [4.78, 5) is 32.3. The third-order valence-electron chi connectivity index (χ3n) is 4.23. The lowest BCUT2D eigenvalue weighted by Gasteiger charge is -2.08. The van der Waals surface area contributed by atoms with Gasteiger partial charge in [0.05, 0.1) is 6.61 Å². The summed E-state index contributed by atoms with van der Waals surface area (Å²) >= 11 is 0. The van der Waals surface area contributed by atoms with Crippen LogP contribution >= 0.6 is 0 Å². The molecule has 6 heteroatoms. The van der Waals surface area contributed by atoms with E-state index in [1.807, 2.05) is 6.08 Å². The monoisotopic (exact) mass is 368 g/mol. The first-order chi connectivity index (χ1) is 12.6. The smallest absolute Gasteiger partial charge is 0.293 e. The van der Waals surface area contributed by atoms with E-state index in [-0.39, 0.29) is 0 Å². The summed E-state index contributed by atoms with van der Waals surface area (Å²) in [7, 11) is 1.79. The molecule has 150 valence electrons. The predicted molar refractivity (Wildman–Crippen MR) is 104 cm³/mol. The molecule has 26 heavy (non-hydrogen) atoms. The molecule has 0 heterocycles. The van der Waals surface area contributed by atoms with Gasteiger partial charge in [-0.3, -0.25) is 14.4 Å². The number of hydrogen-bond acceptors (Lipinski definition) is 4. The van der Waals surface area contributed by atoms with Crippen molar-refractivity contribution in [2.45, 2.75) is 70.8 Å². The normalized spacial score (nSPS) is 15.5. The molecule has 2 amide bonds. The lowest BCUT2D eigenvalue weighted by atomic mass is 10.1. The minimum Gasteiger partial charge on any atom is -0.468 e. The average Bonchev–Trinajstić information content (AvgIpc) is 3.28. The van der Waals surface area contributed by atoms with Gasteiger partial charge in [0.25, 0.3) is 6.47 Å². The molecule has 2 aliphatic rings. The van der Waals surface area contributed by atoms with E-state index in [9.17, 15) is 14.4 Å². The standard InChI is InChI=1S/C9H15NO.C8H15NO.C3H6O2/c11-9(10-8-5-6-8)7-3-1-2-4-7;1-3-4-5-6-7-9(2)8-10;1-2-5-3-4/h7-8H,1-6H2,(H,10,11);3,8H,1,4-7H2,2H3;3H,2H2,1H3. The summed E-state index contributed by atoms with van der Waals surface area (Å²) in [5.74, 6) is 0.681. The third-order valence-corrected chi connectivity index (χ3v) is 4.23. The van der Waals surface area contributed by atoms with Crippen LogP contribution in [0.4, 0.5) is 0 Å². The van der Waals surface area contributed by atoms with Crippen molar-refractivity contribution in [1.29, 1.82) is 0 Å². The number of nitrogens with zero attached hydrogens (tertiary/aromatic N) is 1. The topological polar surface area (TPSA) is 75.7 Å². The Morgan fingerprint density at radius 2 is 1.85 bits per heavy atom. The Bertz CT molecular complexity index is 391. The maximum absolute atomic E-state index is 11.4. The molecule has 0 aromatic rings. The van der Waals surface area contributed by atoms with Crippen molar-refractivity contribution in [3.05, 3.63) is 12.7 Å². The molecule has 0 bridgehead atoms. The number of carbonyl (C=O) groups excluding carboxylic acids is 3. The van der Waals surface area contributed by atoms with Crippen LogP contribution in [0.1, 0.15) is 64.7 Å². The molecule has 6 nitrogen and oxygen atoms in total. The molecule has 0 saturated heterocycles. The molecule has 2 aliphatic carbocycles. The van der Waals surface area contributed by atoms with Crippen molar-refractivity contribution in [1.82, 2.24) is 10.2 Å². The van der Waals surface area contributed by atoms with Gasteiger partial charge in [-0.1, -0.05) is 18.9 Å². The lowest BCUT2D eigenvalue weighted by molar-refractivity contribution is -0.128. The van der Waals surface area contributed by atoms with Crippen molar-refractivity contribution in [2.75, 3.05) is 20.2 Å². The molecule has 0 spiro atoms. The van der Waals surface area contributed by atoms with Gasteiger partial charge in [-0.2, -0.15) is 0 Å². The number of hydrogen-bond donors (Lipinski definition) is 1. The van der Waals surface area contributed by atoms with E-state index in [0.29, 0.717) is 30.9 Å². The van der Waals surface area contributed by atoms with Crippen LogP contribution in [-0.2, 0) is 19.1 Å². The molecule has 2 fully saturated rings. The Hall–Kier alpha value is -1.85. The number of amides is 2. The van der Waals surface area contributed by atoms with Crippen LogP contribution in [0.2, 0.25) is 0 Å². The SMILES string of the molecule is C=CCCCCN(C)C=O.CCOC=O.O=C(NC1CC1)C1CCCC1. The lowest BCUT2D eigenvalue weighted by Crippen LogP contribution is -2.30. The summed E-state index contributed by atoms with van der Waals surface area (Å²) < 4.78 is 4.15. The highest BCUT2D eigenvalue weighted by Gasteiger charge is 2.28. The van der Waals surface area contributed by atoms with Gasteiger partial charge in [0.15, 0.2) is 0 Å². The highest BCUT2D eigenvalue weighted by molar-refractivity contribution is 5.79. The Morgan fingerprint density at radius 3 is 2.27 bits per heavy atom. The molecule has 0 aromatic heterocycles. The first kappa shape index (κ1) is 24.1. The Morgan fingerprint density at radius 1 is 1.19 bits per heavy atom. The average molecular weight is 369 g/mol. The minimum absolute atomic E-state index is 0.324. The zero-order valence-electron chi connectivity index (χ0n) is 16.5. The molecule has 2 rings (SSSR count). The molecule has 2 saturated carbocycles. The fourth-order valence-electron chi connectivity index (χ4n) is 2.51. The van der Waals surface area contributed by atoms with E-state index < -0.39 is 0 Å². The van der Waals surface area contributed by atoms with Crippen LogP contribution in [0.3, 0.4) is 0 Å². The van der Waals surface area contributed by atoms with Crippen LogP contribution in [0.5, 0.6) is 0 Å². The first-order valence-electron chi connectivity index (χ1n) is 9.71. The maximum atomic E-state index is 11.4. The molecular weight excluding hydrogens is 332 g/mol. The molecule has 0 aromatic carbocycles. The first-order valence-corrected chi connectivity index (χ1v) is 9.71. The largest absolute Gasteiger partial charge is 0.468 e. The van der Waals surface area contributed by atoms with E-state index >= 15 is 0 Å². The third kappa shape index (κ3) is 14.5. The second-order valence-corrected chi connectivity index (χ2v) is 6.69. The summed E-state index contributed by atoms with van der Waals surface area (Å²) in [5, 5.41) is 3.06. The minimum atomic E-state index is 0.324. The van der Waals surface area contributed by atoms with Crippen LogP contribution < -0.4 is 5.32 Å².